The summed E-state index contributed by atoms with van der Waals surface area (Å²) in [6.45, 7) is 0. The molecule has 0 fully saturated rings. The zero-order valence-electron chi connectivity index (χ0n) is 9.11. The van der Waals surface area contributed by atoms with Crippen molar-refractivity contribution >= 4 is 15.9 Å². The summed E-state index contributed by atoms with van der Waals surface area (Å²) in [6, 6.07) is 10.1. The molecule has 1 heterocycles. The number of rotatable bonds is 3. The van der Waals surface area contributed by atoms with Crippen LogP contribution in [0.2, 0.25) is 0 Å². The fourth-order valence-corrected chi connectivity index (χ4v) is 2.05. The standard InChI is InChI=1S/C13H12BrFN2/c14-10-4-5-11(15)9(7-10)8-12(16)13-3-1-2-6-17-13/h1-7,12H,8,16H2. The van der Waals surface area contributed by atoms with E-state index < -0.39 is 0 Å². The van der Waals surface area contributed by atoms with Gasteiger partial charge in [0.1, 0.15) is 5.82 Å². The van der Waals surface area contributed by atoms with Crippen LogP contribution in [0.4, 0.5) is 4.39 Å². The first kappa shape index (κ1) is 12.2. The van der Waals surface area contributed by atoms with Crippen molar-refractivity contribution in [2.24, 2.45) is 5.73 Å². The van der Waals surface area contributed by atoms with Crippen molar-refractivity contribution in [1.82, 2.24) is 4.98 Å². The van der Waals surface area contributed by atoms with Crippen molar-refractivity contribution < 1.29 is 4.39 Å². The van der Waals surface area contributed by atoms with Gasteiger partial charge in [-0.2, -0.15) is 0 Å². The first-order valence-electron chi connectivity index (χ1n) is 5.27. The lowest BCUT2D eigenvalue weighted by Gasteiger charge is -2.11. The van der Waals surface area contributed by atoms with Crippen molar-refractivity contribution in [2.75, 3.05) is 0 Å². The summed E-state index contributed by atoms with van der Waals surface area (Å²) in [4.78, 5) is 4.17. The van der Waals surface area contributed by atoms with E-state index in [1.807, 2.05) is 18.2 Å². The molecular formula is C13H12BrFN2. The van der Waals surface area contributed by atoms with Gasteiger partial charge in [0.15, 0.2) is 0 Å². The lowest BCUT2D eigenvalue weighted by molar-refractivity contribution is 0.589. The zero-order valence-corrected chi connectivity index (χ0v) is 10.7. The lowest BCUT2D eigenvalue weighted by Crippen LogP contribution is -2.15. The first-order valence-corrected chi connectivity index (χ1v) is 6.06. The van der Waals surface area contributed by atoms with E-state index in [-0.39, 0.29) is 11.9 Å². The molecule has 1 aromatic heterocycles. The van der Waals surface area contributed by atoms with Crippen molar-refractivity contribution in [2.45, 2.75) is 12.5 Å². The van der Waals surface area contributed by atoms with Crippen LogP contribution in [0.3, 0.4) is 0 Å². The van der Waals surface area contributed by atoms with E-state index in [4.69, 9.17) is 5.73 Å². The van der Waals surface area contributed by atoms with Crippen LogP contribution in [0.1, 0.15) is 17.3 Å². The molecule has 0 bridgehead atoms. The Hall–Kier alpha value is -1.26. The summed E-state index contributed by atoms with van der Waals surface area (Å²) >= 11 is 3.32. The average Bonchev–Trinajstić information content (AvgIpc) is 2.35. The molecule has 0 aliphatic carbocycles. The van der Waals surface area contributed by atoms with Gasteiger partial charge in [-0.1, -0.05) is 22.0 Å². The second-order valence-electron chi connectivity index (χ2n) is 3.80. The van der Waals surface area contributed by atoms with Crippen molar-refractivity contribution in [3.8, 4) is 0 Å². The number of aromatic nitrogens is 1. The summed E-state index contributed by atoms with van der Waals surface area (Å²) in [5, 5.41) is 0. The number of benzene rings is 1. The largest absolute Gasteiger partial charge is 0.322 e. The minimum atomic E-state index is -0.292. The molecule has 0 aliphatic heterocycles. The highest BCUT2D eigenvalue weighted by molar-refractivity contribution is 9.10. The summed E-state index contributed by atoms with van der Waals surface area (Å²) in [7, 11) is 0. The Labute approximate surface area is 108 Å². The summed E-state index contributed by atoms with van der Waals surface area (Å²) in [5.74, 6) is -0.236. The molecule has 1 unspecified atom stereocenters. The van der Waals surface area contributed by atoms with Gasteiger partial charge in [0, 0.05) is 10.7 Å². The fourth-order valence-electron chi connectivity index (χ4n) is 1.64. The number of hydrogen-bond donors (Lipinski definition) is 1. The maximum absolute atomic E-state index is 13.5. The van der Waals surface area contributed by atoms with E-state index in [9.17, 15) is 4.39 Å². The highest BCUT2D eigenvalue weighted by Gasteiger charge is 2.11. The van der Waals surface area contributed by atoms with Crippen LogP contribution in [0.15, 0.2) is 47.1 Å². The molecule has 4 heteroatoms. The molecule has 0 aliphatic rings. The molecule has 2 aromatic rings. The van der Waals surface area contributed by atoms with Gasteiger partial charge >= 0.3 is 0 Å². The van der Waals surface area contributed by atoms with Gasteiger partial charge < -0.3 is 5.73 Å². The van der Waals surface area contributed by atoms with E-state index in [1.54, 1.807) is 18.3 Å². The summed E-state index contributed by atoms with van der Waals surface area (Å²) < 4.78 is 14.4. The smallest absolute Gasteiger partial charge is 0.126 e. The Morgan fingerprint density at radius 2 is 2.12 bits per heavy atom. The predicted octanol–water partition coefficient (Wildman–Crippen LogP) is 3.23. The second-order valence-corrected chi connectivity index (χ2v) is 4.72. The van der Waals surface area contributed by atoms with Gasteiger partial charge in [-0.15, -0.1) is 0 Å². The van der Waals surface area contributed by atoms with Crippen LogP contribution in [-0.4, -0.2) is 4.98 Å². The maximum Gasteiger partial charge on any atom is 0.126 e. The van der Waals surface area contributed by atoms with E-state index >= 15 is 0 Å². The van der Waals surface area contributed by atoms with Gasteiger partial charge in [0.05, 0.1) is 11.7 Å². The van der Waals surface area contributed by atoms with Gasteiger partial charge in [0.25, 0.3) is 0 Å². The minimum absolute atomic E-state index is 0.236. The summed E-state index contributed by atoms with van der Waals surface area (Å²) in [6.07, 6.45) is 2.12. The quantitative estimate of drug-likeness (QED) is 0.944. The van der Waals surface area contributed by atoms with Gasteiger partial charge in [0.2, 0.25) is 0 Å². The third-order valence-electron chi connectivity index (χ3n) is 2.52. The van der Waals surface area contributed by atoms with E-state index in [2.05, 4.69) is 20.9 Å². The maximum atomic E-state index is 13.5. The highest BCUT2D eigenvalue weighted by Crippen LogP contribution is 2.20. The molecule has 1 atom stereocenters. The second kappa shape index (κ2) is 5.38. The molecule has 17 heavy (non-hydrogen) atoms. The van der Waals surface area contributed by atoms with Crippen LogP contribution >= 0.6 is 15.9 Å². The van der Waals surface area contributed by atoms with Crippen LogP contribution in [-0.2, 0) is 6.42 Å². The topological polar surface area (TPSA) is 38.9 Å². The predicted molar refractivity (Wildman–Crippen MR) is 69.0 cm³/mol. The van der Waals surface area contributed by atoms with E-state index in [0.717, 1.165) is 10.2 Å². The van der Waals surface area contributed by atoms with Crippen molar-refractivity contribution in [1.29, 1.82) is 0 Å². The van der Waals surface area contributed by atoms with Gasteiger partial charge in [-0.3, -0.25) is 4.98 Å². The van der Waals surface area contributed by atoms with Crippen LogP contribution < -0.4 is 5.73 Å². The molecule has 0 saturated carbocycles. The number of nitrogens with two attached hydrogens (primary N) is 1. The molecule has 1 aromatic carbocycles. The van der Waals surface area contributed by atoms with Crippen LogP contribution in [0.25, 0.3) is 0 Å². The minimum Gasteiger partial charge on any atom is -0.322 e. The third kappa shape index (κ3) is 3.11. The molecule has 0 amide bonds. The normalized spacial score (nSPS) is 12.4. The molecule has 0 spiro atoms. The van der Waals surface area contributed by atoms with E-state index in [0.29, 0.717) is 12.0 Å². The first-order chi connectivity index (χ1) is 8.16. The lowest BCUT2D eigenvalue weighted by atomic mass is 10.0. The average molecular weight is 295 g/mol. The molecule has 0 saturated heterocycles. The Morgan fingerprint density at radius 3 is 2.82 bits per heavy atom. The highest BCUT2D eigenvalue weighted by atomic mass is 79.9. The Morgan fingerprint density at radius 1 is 1.29 bits per heavy atom. The van der Waals surface area contributed by atoms with E-state index in [1.165, 1.54) is 6.07 Å². The van der Waals surface area contributed by atoms with Crippen LogP contribution in [0.5, 0.6) is 0 Å². The van der Waals surface area contributed by atoms with Crippen molar-refractivity contribution in [3.05, 3.63) is 64.1 Å². The summed E-state index contributed by atoms with van der Waals surface area (Å²) in [5.41, 5.74) is 7.37. The Bertz CT molecular complexity index is 502. The Balaban J connectivity index is 2.18. The molecule has 0 radical (unpaired) electrons. The fraction of sp³-hybridized carbons (Fsp3) is 0.154. The monoisotopic (exact) mass is 294 g/mol. The number of hydrogen-bond acceptors (Lipinski definition) is 2. The van der Waals surface area contributed by atoms with Crippen molar-refractivity contribution in [3.63, 3.8) is 0 Å². The SMILES string of the molecule is NC(Cc1cc(Br)ccc1F)c1ccccn1. The molecule has 2 nitrogen and oxygen atoms in total. The van der Waals surface area contributed by atoms with Crippen LogP contribution in [0, 0.1) is 5.82 Å². The Kier molecular flexibility index (Phi) is 3.86. The third-order valence-corrected chi connectivity index (χ3v) is 3.01. The molecule has 2 N–H and O–H groups in total. The molecular weight excluding hydrogens is 283 g/mol. The molecule has 2 rings (SSSR count). The van der Waals surface area contributed by atoms with Gasteiger partial charge in [-0.05, 0) is 42.3 Å². The zero-order chi connectivity index (χ0) is 12.3. The molecule has 88 valence electrons. The van der Waals surface area contributed by atoms with Gasteiger partial charge in [-0.25, -0.2) is 4.39 Å². The number of nitrogens with zero attached hydrogens (tertiary/aromatic N) is 1. The number of pyridine rings is 1. The number of halogens is 2.